The number of esters is 1. The number of benzene rings is 1. The van der Waals surface area contributed by atoms with E-state index in [0.717, 1.165) is 36.0 Å². The number of piperidine rings is 1. The largest absolute Gasteiger partial charge is 0.465 e. The number of ether oxygens (including phenoxy) is 1. The average Bonchev–Trinajstić information content (AvgIpc) is 2.97. The van der Waals surface area contributed by atoms with E-state index in [1.807, 2.05) is 0 Å². The maximum Gasteiger partial charge on any atom is 0.327 e. The summed E-state index contributed by atoms with van der Waals surface area (Å²) in [7, 11) is 0. The molecule has 224 valence electrons. The van der Waals surface area contributed by atoms with Gasteiger partial charge in [-0.2, -0.15) is 0 Å². The highest BCUT2D eigenvalue weighted by atomic mass is 35.5. The quantitative estimate of drug-likeness (QED) is 0.169. The average molecular weight is 601 g/mol. The molecule has 1 saturated heterocycles. The Labute approximate surface area is 247 Å². The summed E-state index contributed by atoms with van der Waals surface area (Å²) in [4.78, 5) is 78.0. The molecule has 0 aliphatic carbocycles. The number of nitrogens with zero attached hydrogens (tertiary/aromatic N) is 3. The van der Waals surface area contributed by atoms with E-state index in [-0.39, 0.29) is 34.5 Å². The number of likely N-dealkylation sites (tertiary alicyclic amines) is 1. The second-order valence-corrected chi connectivity index (χ2v) is 9.83. The summed E-state index contributed by atoms with van der Waals surface area (Å²) in [5.41, 5.74) is 7.63. The monoisotopic (exact) mass is 600 g/mol. The number of hydrazine groups is 1. The van der Waals surface area contributed by atoms with Gasteiger partial charge in [0.05, 0.1) is 17.3 Å². The fraction of sp³-hybridized carbons (Fsp3) is 0.357. The molecule has 3 rings (SSSR count). The van der Waals surface area contributed by atoms with Crippen molar-refractivity contribution in [3.63, 3.8) is 0 Å². The van der Waals surface area contributed by atoms with Crippen molar-refractivity contribution in [3.05, 3.63) is 69.6 Å². The van der Waals surface area contributed by atoms with Crippen LogP contribution in [0.15, 0.2) is 53.5 Å². The number of aromatic nitrogens is 1. The summed E-state index contributed by atoms with van der Waals surface area (Å²) in [5, 5.41) is 3.37. The Hall–Kier alpha value is -4.65. The molecule has 0 radical (unpaired) electrons. The van der Waals surface area contributed by atoms with Crippen molar-refractivity contribution in [1.82, 2.24) is 19.9 Å². The highest BCUT2D eigenvalue weighted by Gasteiger charge is 2.24. The van der Waals surface area contributed by atoms with Gasteiger partial charge in [0, 0.05) is 37.0 Å². The summed E-state index contributed by atoms with van der Waals surface area (Å²) < 4.78 is 5.94. The first-order valence-electron chi connectivity index (χ1n) is 13.3. The Kier molecular flexibility index (Phi) is 11.3. The molecular weight excluding hydrogens is 568 g/mol. The third-order valence-corrected chi connectivity index (χ3v) is 6.75. The number of nitrogens with two attached hydrogens (primary N) is 1. The first-order valence-corrected chi connectivity index (χ1v) is 13.7. The minimum atomic E-state index is -1.18. The lowest BCUT2D eigenvalue weighted by Gasteiger charge is -2.26. The SMILES string of the molecule is CCOC(=O)CN(NC(=O)C(C)n1cccc(NC(=O)c2ccc(N)c(Cl)c2)c1=O)C(=O)/C=C/C(=O)N1CCCCC1. The Balaban J connectivity index is 1.75. The molecule has 42 heavy (non-hydrogen) atoms. The number of anilines is 2. The van der Waals surface area contributed by atoms with E-state index < -0.39 is 41.8 Å². The van der Waals surface area contributed by atoms with Crippen LogP contribution < -0.4 is 22.0 Å². The van der Waals surface area contributed by atoms with Gasteiger partial charge in [0.15, 0.2) is 0 Å². The van der Waals surface area contributed by atoms with Crippen molar-refractivity contribution in [2.75, 3.05) is 37.3 Å². The Morgan fingerprint density at radius 2 is 1.83 bits per heavy atom. The van der Waals surface area contributed by atoms with E-state index in [9.17, 15) is 28.8 Å². The molecule has 0 saturated carbocycles. The zero-order valence-electron chi connectivity index (χ0n) is 23.3. The van der Waals surface area contributed by atoms with Crippen LogP contribution in [0, 0.1) is 0 Å². The van der Waals surface area contributed by atoms with E-state index in [1.165, 1.54) is 43.5 Å². The molecule has 2 heterocycles. The van der Waals surface area contributed by atoms with Crippen LogP contribution in [0.1, 0.15) is 49.5 Å². The minimum Gasteiger partial charge on any atom is -0.465 e. The van der Waals surface area contributed by atoms with Gasteiger partial charge in [-0.1, -0.05) is 11.6 Å². The van der Waals surface area contributed by atoms with E-state index in [0.29, 0.717) is 18.1 Å². The van der Waals surface area contributed by atoms with E-state index in [1.54, 1.807) is 11.8 Å². The Morgan fingerprint density at radius 3 is 2.50 bits per heavy atom. The lowest BCUT2D eigenvalue weighted by Crippen LogP contribution is -2.51. The van der Waals surface area contributed by atoms with Crippen molar-refractivity contribution in [2.24, 2.45) is 0 Å². The zero-order valence-corrected chi connectivity index (χ0v) is 24.1. The molecule has 1 atom stereocenters. The number of nitrogens with one attached hydrogen (secondary N) is 2. The molecule has 4 amide bonds. The second kappa shape index (κ2) is 14.8. The van der Waals surface area contributed by atoms with Crippen LogP contribution in [-0.2, 0) is 23.9 Å². The Bertz CT molecular complexity index is 1430. The number of hydrogen-bond acceptors (Lipinski definition) is 8. The molecule has 1 aromatic heterocycles. The van der Waals surface area contributed by atoms with E-state index in [4.69, 9.17) is 22.1 Å². The van der Waals surface area contributed by atoms with E-state index in [2.05, 4.69) is 10.7 Å². The fourth-order valence-electron chi connectivity index (χ4n) is 4.09. The fourth-order valence-corrected chi connectivity index (χ4v) is 4.27. The molecule has 0 bridgehead atoms. The molecule has 4 N–H and O–H groups in total. The minimum absolute atomic E-state index is 0.0466. The number of rotatable bonds is 9. The van der Waals surface area contributed by atoms with Gasteiger partial charge in [-0.3, -0.25) is 34.2 Å². The Morgan fingerprint density at radius 1 is 1.12 bits per heavy atom. The normalized spacial score (nSPS) is 13.7. The first-order chi connectivity index (χ1) is 20.0. The summed E-state index contributed by atoms with van der Waals surface area (Å²) in [6.45, 7) is 3.56. The first kappa shape index (κ1) is 31.9. The summed E-state index contributed by atoms with van der Waals surface area (Å²) in [6, 6.07) is 5.88. The van der Waals surface area contributed by atoms with Crippen molar-refractivity contribution < 1.29 is 28.7 Å². The molecule has 1 fully saturated rings. The molecule has 13 nitrogen and oxygen atoms in total. The third kappa shape index (κ3) is 8.43. The van der Waals surface area contributed by atoms with E-state index >= 15 is 0 Å². The molecule has 2 aromatic rings. The van der Waals surface area contributed by atoms with Crippen molar-refractivity contribution in [1.29, 1.82) is 0 Å². The van der Waals surface area contributed by atoms with Crippen molar-refractivity contribution >= 4 is 52.6 Å². The van der Waals surface area contributed by atoms with Crippen LogP contribution in [0.3, 0.4) is 0 Å². The molecule has 1 unspecified atom stereocenters. The van der Waals surface area contributed by atoms with Crippen molar-refractivity contribution in [2.45, 2.75) is 39.2 Å². The van der Waals surface area contributed by atoms with Crippen LogP contribution in [0.4, 0.5) is 11.4 Å². The van der Waals surface area contributed by atoms with Crippen LogP contribution in [0.5, 0.6) is 0 Å². The molecule has 0 spiro atoms. The maximum absolute atomic E-state index is 13.1. The van der Waals surface area contributed by atoms with Crippen LogP contribution in [0.25, 0.3) is 0 Å². The van der Waals surface area contributed by atoms with Crippen LogP contribution in [0.2, 0.25) is 5.02 Å². The zero-order chi connectivity index (χ0) is 30.8. The molecular formula is C28H33ClN6O7. The number of nitrogen functional groups attached to an aromatic ring is 1. The lowest BCUT2D eigenvalue weighted by molar-refractivity contribution is -0.151. The van der Waals surface area contributed by atoms with Gasteiger partial charge in [0.25, 0.3) is 23.3 Å². The third-order valence-electron chi connectivity index (χ3n) is 6.42. The van der Waals surface area contributed by atoms with Crippen molar-refractivity contribution in [3.8, 4) is 0 Å². The number of amides is 4. The lowest BCUT2D eigenvalue weighted by atomic mass is 10.1. The summed E-state index contributed by atoms with van der Waals surface area (Å²) in [5.74, 6) is -3.44. The van der Waals surface area contributed by atoms with Gasteiger partial charge in [0.1, 0.15) is 18.3 Å². The highest BCUT2D eigenvalue weighted by Crippen LogP contribution is 2.20. The van der Waals surface area contributed by atoms with Gasteiger partial charge in [-0.05, 0) is 63.4 Å². The van der Waals surface area contributed by atoms with Crippen LogP contribution >= 0.6 is 11.6 Å². The molecule has 14 heteroatoms. The number of pyridine rings is 1. The predicted molar refractivity (Wildman–Crippen MR) is 155 cm³/mol. The smallest absolute Gasteiger partial charge is 0.327 e. The van der Waals surface area contributed by atoms with Gasteiger partial charge in [-0.25, -0.2) is 5.01 Å². The number of hydrogen-bond donors (Lipinski definition) is 3. The van der Waals surface area contributed by atoms with Gasteiger partial charge >= 0.3 is 5.97 Å². The number of carbonyl (C=O) groups excluding carboxylic acids is 5. The second-order valence-electron chi connectivity index (χ2n) is 9.43. The van der Waals surface area contributed by atoms with Gasteiger partial charge < -0.3 is 25.3 Å². The molecule has 1 aliphatic heterocycles. The topological polar surface area (TPSA) is 173 Å². The van der Waals surface area contributed by atoms with Crippen LogP contribution in [-0.4, -0.2) is 70.3 Å². The maximum atomic E-state index is 13.1. The van der Waals surface area contributed by atoms with Gasteiger partial charge in [0.2, 0.25) is 5.91 Å². The standard InChI is InChI=1S/C28H33ClN6O7/c1-3-42-25(38)17-35(24(37)12-11-23(36)33-13-5-4-6-14-33)32-26(39)18(2)34-15-7-8-22(28(34)41)31-27(40)19-9-10-21(30)20(29)16-19/h7-12,15-16,18H,3-6,13-14,17,30H2,1-2H3,(H,31,40)(H,32,39)/b12-11+. The number of carbonyl (C=O) groups is 5. The predicted octanol–water partition coefficient (Wildman–Crippen LogP) is 1.89. The summed E-state index contributed by atoms with van der Waals surface area (Å²) in [6.07, 6.45) is 6.16. The molecule has 1 aliphatic rings. The highest BCUT2D eigenvalue weighted by molar-refractivity contribution is 6.33. The molecule has 1 aromatic carbocycles. The summed E-state index contributed by atoms with van der Waals surface area (Å²) >= 11 is 5.98. The number of halogens is 1. The van der Waals surface area contributed by atoms with Gasteiger partial charge in [-0.15, -0.1) is 0 Å².